The van der Waals surface area contributed by atoms with Gasteiger partial charge in [0, 0.05) is 15.8 Å². The van der Waals surface area contributed by atoms with Gasteiger partial charge in [-0.05, 0) is 12.5 Å². The van der Waals surface area contributed by atoms with E-state index in [0.29, 0.717) is 15.7 Å². The maximum atomic E-state index is 12.6. The number of carbonyl (C=O) groups excluding carboxylic acids is 2. The molecule has 0 unspecified atom stereocenters. The number of nitrogens with zero attached hydrogens (tertiary/aromatic N) is 1. The van der Waals surface area contributed by atoms with Crippen LogP contribution < -0.4 is 0 Å². The molecule has 1 saturated heterocycles. The van der Waals surface area contributed by atoms with E-state index in [2.05, 4.69) is 0 Å². The SMILES string of the molecule is CC[C@@H]1CSC(=O)N1C(=O)c1sc2ccccc2c1Cl. The van der Waals surface area contributed by atoms with Crippen molar-refractivity contribution in [3.8, 4) is 0 Å². The molecule has 1 atom stereocenters. The number of thiophene rings is 1. The molecule has 0 spiro atoms. The van der Waals surface area contributed by atoms with Crippen molar-refractivity contribution in [3.63, 3.8) is 0 Å². The summed E-state index contributed by atoms with van der Waals surface area (Å²) in [5.74, 6) is 0.405. The Balaban J connectivity index is 2.04. The van der Waals surface area contributed by atoms with Crippen LogP contribution in [0, 0.1) is 0 Å². The van der Waals surface area contributed by atoms with Gasteiger partial charge in [-0.2, -0.15) is 0 Å². The summed E-state index contributed by atoms with van der Waals surface area (Å²) < 4.78 is 0.966. The quantitative estimate of drug-likeness (QED) is 0.807. The number of hydrogen-bond acceptors (Lipinski definition) is 4. The van der Waals surface area contributed by atoms with E-state index in [1.54, 1.807) is 0 Å². The first-order chi connectivity index (χ1) is 9.63. The van der Waals surface area contributed by atoms with E-state index < -0.39 is 0 Å². The van der Waals surface area contributed by atoms with Gasteiger partial charge in [0.2, 0.25) is 0 Å². The second-order valence-corrected chi connectivity index (χ2v) is 6.96. The molecule has 20 heavy (non-hydrogen) atoms. The van der Waals surface area contributed by atoms with Gasteiger partial charge in [-0.3, -0.25) is 14.5 Å². The minimum Gasteiger partial charge on any atom is -0.268 e. The fourth-order valence-corrected chi connectivity index (χ4v) is 4.81. The average molecular weight is 326 g/mol. The molecular formula is C14H12ClNO2S2. The summed E-state index contributed by atoms with van der Waals surface area (Å²) in [5, 5.41) is 1.15. The van der Waals surface area contributed by atoms with Gasteiger partial charge in [0.05, 0.1) is 11.1 Å². The number of fused-ring (bicyclic) bond motifs is 1. The van der Waals surface area contributed by atoms with E-state index in [1.165, 1.54) is 28.0 Å². The largest absolute Gasteiger partial charge is 0.288 e. The molecule has 1 aromatic heterocycles. The minimum absolute atomic E-state index is 0.0266. The molecule has 0 N–H and O–H groups in total. The zero-order chi connectivity index (χ0) is 14.3. The van der Waals surface area contributed by atoms with Crippen LogP contribution in [0.4, 0.5) is 4.79 Å². The Morgan fingerprint density at radius 1 is 1.45 bits per heavy atom. The number of amides is 2. The lowest BCUT2D eigenvalue weighted by Gasteiger charge is -2.19. The second-order valence-electron chi connectivity index (χ2n) is 4.56. The first-order valence-corrected chi connectivity index (χ1v) is 8.48. The maximum absolute atomic E-state index is 12.6. The lowest BCUT2D eigenvalue weighted by molar-refractivity contribution is 0.0790. The summed E-state index contributed by atoms with van der Waals surface area (Å²) in [6.07, 6.45) is 0.771. The molecule has 1 aliphatic heterocycles. The van der Waals surface area contributed by atoms with Crippen LogP contribution in [-0.2, 0) is 0 Å². The summed E-state index contributed by atoms with van der Waals surface area (Å²) in [6, 6.07) is 7.60. The number of carbonyl (C=O) groups is 2. The third-order valence-electron chi connectivity index (χ3n) is 3.38. The van der Waals surface area contributed by atoms with E-state index in [-0.39, 0.29) is 17.2 Å². The van der Waals surface area contributed by atoms with Crippen molar-refractivity contribution < 1.29 is 9.59 Å². The fraction of sp³-hybridized carbons (Fsp3) is 0.286. The van der Waals surface area contributed by atoms with Crippen LogP contribution in [0.15, 0.2) is 24.3 Å². The van der Waals surface area contributed by atoms with Crippen LogP contribution in [0.25, 0.3) is 10.1 Å². The van der Waals surface area contributed by atoms with Gasteiger partial charge in [-0.15, -0.1) is 11.3 Å². The Bertz CT molecular complexity index is 698. The van der Waals surface area contributed by atoms with Gasteiger partial charge in [0.25, 0.3) is 11.1 Å². The van der Waals surface area contributed by atoms with Gasteiger partial charge >= 0.3 is 0 Å². The Morgan fingerprint density at radius 3 is 2.90 bits per heavy atom. The Kier molecular flexibility index (Phi) is 3.75. The lowest BCUT2D eigenvalue weighted by Crippen LogP contribution is -2.38. The first-order valence-electron chi connectivity index (χ1n) is 6.30. The smallest absolute Gasteiger partial charge is 0.268 e. The van der Waals surface area contributed by atoms with E-state index in [1.807, 2.05) is 31.2 Å². The molecule has 0 saturated carbocycles. The molecule has 1 aliphatic rings. The minimum atomic E-state index is -0.266. The molecule has 2 heterocycles. The molecular weight excluding hydrogens is 314 g/mol. The van der Waals surface area contributed by atoms with Crippen molar-refractivity contribution in [2.45, 2.75) is 19.4 Å². The highest BCUT2D eigenvalue weighted by Crippen LogP contribution is 2.38. The number of imide groups is 1. The number of halogens is 1. The van der Waals surface area contributed by atoms with Crippen molar-refractivity contribution in [1.29, 1.82) is 0 Å². The predicted octanol–water partition coefficient (Wildman–Crippen LogP) is 4.64. The third kappa shape index (κ3) is 2.14. The summed E-state index contributed by atoms with van der Waals surface area (Å²) in [7, 11) is 0. The van der Waals surface area contributed by atoms with Crippen molar-refractivity contribution >= 4 is 55.9 Å². The molecule has 6 heteroatoms. The molecule has 0 radical (unpaired) electrons. The van der Waals surface area contributed by atoms with Gasteiger partial charge in [-0.25, -0.2) is 0 Å². The highest BCUT2D eigenvalue weighted by molar-refractivity contribution is 8.14. The highest BCUT2D eigenvalue weighted by Gasteiger charge is 2.37. The monoisotopic (exact) mass is 325 g/mol. The molecule has 3 rings (SSSR count). The summed E-state index contributed by atoms with van der Waals surface area (Å²) in [5.41, 5.74) is 0. The van der Waals surface area contributed by atoms with Crippen LogP contribution in [-0.4, -0.2) is 27.8 Å². The fourth-order valence-electron chi connectivity index (χ4n) is 2.27. The van der Waals surface area contributed by atoms with Crippen LogP contribution in [0.2, 0.25) is 5.02 Å². The lowest BCUT2D eigenvalue weighted by atomic mass is 10.2. The average Bonchev–Trinajstić information content (AvgIpc) is 2.99. The standard InChI is InChI=1S/C14H12ClNO2S2/c1-2-8-7-19-14(18)16(8)13(17)12-11(15)9-5-3-4-6-10(9)20-12/h3-6,8H,2,7H2,1H3/t8-/m1/s1. The van der Waals surface area contributed by atoms with Crippen LogP contribution in [0.5, 0.6) is 0 Å². The summed E-state index contributed by atoms with van der Waals surface area (Å²) in [4.78, 5) is 26.4. The number of benzene rings is 1. The Hall–Kier alpha value is -1.04. The number of rotatable bonds is 2. The molecule has 2 aromatic rings. The van der Waals surface area contributed by atoms with Gasteiger partial charge in [0.1, 0.15) is 4.88 Å². The maximum Gasteiger partial charge on any atom is 0.288 e. The highest BCUT2D eigenvalue weighted by atomic mass is 35.5. The zero-order valence-electron chi connectivity index (χ0n) is 10.8. The summed E-state index contributed by atoms with van der Waals surface area (Å²) >= 11 is 8.86. The first kappa shape index (κ1) is 13.9. The Labute approximate surface area is 129 Å². The topological polar surface area (TPSA) is 37.4 Å². The number of hydrogen-bond donors (Lipinski definition) is 0. The van der Waals surface area contributed by atoms with E-state index in [4.69, 9.17) is 11.6 Å². The molecule has 104 valence electrons. The van der Waals surface area contributed by atoms with E-state index in [9.17, 15) is 9.59 Å². The molecule has 1 aromatic carbocycles. The van der Waals surface area contributed by atoms with Gasteiger partial charge < -0.3 is 0 Å². The van der Waals surface area contributed by atoms with Crippen LogP contribution in [0.3, 0.4) is 0 Å². The van der Waals surface area contributed by atoms with Gasteiger partial charge in [0.15, 0.2) is 0 Å². The molecule has 2 amide bonds. The van der Waals surface area contributed by atoms with Crippen molar-refractivity contribution in [3.05, 3.63) is 34.2 Å². The zero-order valence-corrected chi connectivity index (χ0v) is 13.1. The van der Waals surface area contributed by atoms with Crippen LogP contribution in [0.1, 0.15) is 23.0 Å². The third-order valence-corrected chi connectivity index (χ3v) is 6.04. The molecule has 0 bridgehead atoms. The molecule has 0 aliphatic carbocycles. The van der Waals surface area contributed by atoms with E-state index in [0.717, 1.165) is 16.5 Å². The number of thioether (sulfide) groups is 1. The van der Waals surface area contributed by atoms with Gasteiger partial charge in [-0.1, -0.05) is 48.5 Å². The summed E-state index contributed by atoms with van der Waals surface area (Å²) in [6.45, 7) is 1.98. The second kappa shape index (κ2) is 5.39. The van der Waals surface area contributed by atoms with Crippen molar-refractivity contribution in [2.24, 2.45) is 0 Å². The van der Waals surface area contributed by atoms with Crippen molar-refractivity contribution in [2.75, 3.05) is 5.75 Å². The molecule has 3 nitrogen and oxygen atoms in total. The predicted molar refractivity (Wildman–Crippen MR) is 84.9 cm³/mol. The Morgan fingerprint density at radius 2 is 2.20 bits per heavy atom. The van der Waals surface area contributed by atoms with E-state index >= 15 is 0 Å². The van der Waals surface area contributed by atoms with Crippen molar-refractivity contribution in [1.82, 2.24) is 4.90 Å². The molecule has 1 fully saturated rings. The normalized spacial score (nSPS) is 19.0. The van der Waals surface area contributed by atoms with Crippen LogP contribution >= 0.6 is 34.7 Å².